The smallest absolute Gasteiger partial charge is 0.192 e. The van der Waals surface area contributed by atoms with Gasteiger partial charge in [0, 0.05) is 18.8 Å². The number of oxazole rings is 1. The first kappa shape index (κ1) is 11.4. The Morgan fingerprint density at radius 1 is 1.50 bits per heavy atom. The van der Waals surface area contributed by atoms with Crippen LogP contribution >= 0.6 is 11.6 Å². The van der Waals surface area contributed by atoms with Crippen LogP contribution in [0.1, 0.15) is 23.9 Å². The fourth-order valence-electron chi connectivity index (χ4n) is 1.86. The predicted octanol–water partition coefficient (Wildman–Crippen LogP) is 3.03. The molecular formula is C12H15ClN2O. The molecule has 2 rings (SSSR count). The van der Waals surface area contributed by atoms with Gasteiger partial charge in [0.05, 0.1) is 0 Å². The highest BCUT2D eigenvalue weighted by Crippen LogP contribution is 2.22. The number of benzene rings is 1. The minimum atomic E-state index is 0.277. The fourth-order valence-corrected chi connectivity index (χ4v) is 2.08. The summed E-state index contributed by atoms with van der Waals surface area (Å²) < 4.78 is 5.44. The Hall–Kier alpha value is -1.06. The Bertz CT molecular complexity index is 481. The molecule has 3 nitrogen and oxygen atoms in total. The Morgan fingerprint density at radius 3 is 3.00 bits per heavy atom. The summed E-state index contributed by atoms with van der Waals surface area (Å²) >= 11 is 5.77. The molecule has 0 radical (unpaired) electrons. The maximum Gasteiger partial charge on any atom is 0.192 e. The summed E-state index contributed by atoms with van der Waals surface area (Å²) in [5, 5.41) is 3.25. The van der Waals surface area contributed by atoms with Gasteiger partial charge in [-0.2, -0.15) is 0 Å². The largest absolute Gasteiger partial charge is 0.441 e. The van der Waals surface area contributed by atoms with Crippen LogP contribution in [0.4, 0.5) is 0 Å². The van der Waals surface area contributed by atoms with Crippen molar-refractivity contribution in [3.63, 3.8) is 0 Å². The van der Waals surface area contributed by atoms with Gasteiger partial charge in [-0.3, -0.25) is 0 Å². The molecule has 86 valence electrons. The number of hydrogen-bond donors (Lipinski definition) is 1. The number of hydrogen-bond acceptors (Lipinski definition) is 3. The lowest BCUT2D eigenvalue weighted by molar-refractivity contribution is 0.560. The van der Waals surface area contributed by atoms with Crippen LogP contribution in [-0.2, 0) is 0 Å². The van der Waals surface area contributed by atoms with Crippen LogP contribution in [0.2, 0.25) is 0 Å². The minimum absolute atomic E-state index is 0.277. The molecule has 1 atom stereocenters. The zero-order valence-corrected chi connectivity index (χ0v) is 10.2. The Balaban J connectivity index is 2.36. The van der Waals surface area contributed by atoms with Crippen LogP contribution in [0.15, 0.2) is 22.6 Å². The summed E-state index contributed by atoms with van der Waals surface area (Å²) in [4.78, 5) is 4.32. The first-order valence-corrected chi connectivity index (χ1v) is 5.88. The van der Waals surface area contributed by atoms with Crippen LogP contribution in [-0.4, -0.2) is 17.9 Å². The molecule has 0 fully saturated rings. The molecule has 0 bridgehead atoms. The zero-order valence-electron chi connectivity index (χ0n) is 9.46. The van der Waals surface area contributed by atoms with Gasteiger partial charge in [0.1, 0.15) is 5.52 Å². The van der Waals surface area contributed by atoms with Crippen molar-refractivity contribution in [2.75, 3.05) is 12.9 Å². The highest BCUT2D eigenvalue weighted by Gasteiger charge is 2.10. The van der Waals surface area contributed by atoms with Gasteiger partial charge in [0.2, 0.25) is 0 Å². The lowest BCUT2D eigenvalue weighted by Crippen LogP contribution is -2.16. The second-order valence-corrected chi connectivity index (χ2v) is 4.16. The number of aryl methyl sites for hydroxylation is 1. The summed E-state index contributed by atoms with van der Waals surface area (Å²) in [5.74, 6) is 1.34. The van der Waals surface area contributed by atoms with Crippen LogP contribution in [0.25, 0.3) is 11.1 Å². The third-order valence-electron chi connectivity index (χ3n) is 2.67. The number of alkyl halides is 1. The summed E-state index contributed by atoms with van der Waals surface area (Å²) in [6.07, 6.45) is 0.903. The molecule has 0 aliphatic rings. The number of aromatic nitrogens is 1. The van der Waals surface area contributed by atoms with Gasteiger partial charge in [-0.25, -0.2) is 4.98 Å². The maximum atomic E-state index is 5.77. The van der Waals surface area contributed by atoms with E-state index in [-0.39, 0.29) is 6.04 Å². The van der Waals surface area contributed by atoms with Crippen molar-refractivity contribution < 1.29 is 4.42 Å². The van der Waals surface area contributed by atoms with E-state index in [1.54, 1.807) is 0 Å². The molecule has 1 aromatic heterocycles. The molecule has 0 aliphatic heterocycles. The van der Waals surface area contributed by atoms with Gasteiger partial charge >= 0.3 is 0 Å². The first-order chi connectivity index (χ1) is 7.74. The standard InChI is InChI=1S/C12H15ClN2O/c1-8-15-11-7-9(3-4-12(11)16-8)10(14-2)5-6-13/h3-4,7,10,14H,5-6H2,1-2H3. The second kappa shape index (κ2) is 4.85. The summed E-state index contributed by atoms with van der Waals surface area (Å²) in [5.41, 5.74) is 2.94. The van der Waals surface area contributed by atoms with E-state index in [1.165, 1.54) is 5.56 Å². The van der Waals surface area contributed by atoms with E-state index in [4.69, 9.17) is 16.0 Å². The Labute approximate surface area is 99.8 Å². The monoisotopic (exact) mass is 238 g/mol. The zero-order chi connectivity index (χ0) is 11.5. The molecule has 0 saturated carbocycles. The SMILES string of the molecule is CNC(CCCl)c1ccc2oc(C)nc2c1. The Kier molecular flexibility index (Phi) is 3.46. The van der Waals surface area contributed by atoms with Gasteiger partial charge in [0.25, 0.3) is 0 Å². The molecule has 0 amide bonds. The summed E-state index contributed by atoms with van der Waals surface area (Å²) in [6.45, 7) is 1.86. The lowest BCUT2D eigenvalue weighted by atomic mass is 10.0. The summed E-state index contributed by atoms with van der Waals surface area (Å²) in [7, 11) is 1.94. The van der Waals surface area contributed by atoms with E-state index in [0.29, 0.717) is 11.8 Å². The van der Waals surface area contributed by atoms with E-state index >= 15 is 0 Å². The number of rotatable bonds is 4. The molecule has 1 aromatic carbocycles. The molecule has 1 N–H and O–H groups in total. The molecule has 0 saturated heterocycles. The lowest BCUT2D eigenvalue weighted by Gasteiger charge is -2.14. The Morgan fingerprint density at radius 2 is 2.31 bits per heavy atom. The average molecular weight is 239 g/mol. The normalized spacial score (nSPS) is 13.2. The quantitative estimate of drug-likeness (QED) is 0.833. The highest BCUT2D eigenvalue weighted by molar-refractivity contribution is 6.17. The van der Waals surface area contributed by atoms with E-state index in [2.05, 4.69) is 22.4 Å². The minimum Gasteiger partial charge on any atom is -0.441 e. The van der Waals surface area contributed by atoms with E-state index in [9.17, 15) is 0 Å². The van der Waals surface area contributed by atoms with E-state index < -0.39 is 0 Å². The average Bonchev–Trinajstić information content (AvgIpc) is 2.64. The molecule has 1 heterocycles. The van der Waals surface area contributed by atoms with E-state index in [1.807, 2.05) is 20.0 Å². The molecule has 0 aliphatic carbocycles. The van der Waals surface area contributed by atoms with Gasteiger partial charge in [-0.1, -0.05) is 6.07 Å². The van der Waals surface area contributed by atoms with E-state index in [0.717, 1.165) is 17.5 Å². The molecule has 0 spiro atoms. The van der Waals surface area contributed by atoms with Crippen molar-refractivity contribution in [1.82, 2.24) is 10.3 Å². The first-order valence-electron chi connectivity index (χ1n) is 5.35. The third-order valence-corrected chi connectivity index (χ3v) is 2.89. The van der Waals surface area contributed by atoms with Gasteiger partial charge in [-0.15, -0.1) is 11.6 Å². The number of halogens is 1. The predicted molar refractivity (Wildman–Crippen MR) is 65.9 cm³/mol. The van der Waals surface area contributed by atoms with Crippen molar-refractivity contribution in [2.45, 2.75) is 19.4 Å². The van der Waals surface area contributed by atoms with Gasteiger partial charge < -0.3 is 9.73 Å². The molecule has 1 unspecified atom stereocenters. The molecule has 4 heteroatoms. The maximum absolute atomic E-state index is 5.77. The van der Waals surface area contributed by atoms with Crippen LogP contribution in [0.5, 0.6) is 0 Å². The van der Waals surface area contributed by atoms with Crippen LogP contribution in [0.3, 0.4) is 0 Å². The second-order valence-electron chi connectivity index (χ2n) is 3.78. The van der Waals surface area contributed by atoms with Crippen molar-refractivity contribution in [2.24, 2.45) is 0 Å². The third kappa shape index (κ3) is 2.20. The molecule has 16 heavy (non-hydrogen) atoms. The highest BCUT2D eigenvalue weighted by atomic mass is 35.5. The van der Waals surface area contributed by atoms with Gasteiger partial charge in [-0.05, 0) is 31.2 Å². The molecular weight excluding hydrogens is 224 g/mol. The van der Waals surface area contributed by atoms with Crippen molar-refractivity contribution in [3.8, 4) is 0 Å². The van der Waals surface area contributed by atoms with Crippen molar-refractivity contribution in [1.29, 1.82) is 0 Å². The van der Waals surface area contributed by atoms with Crippen molar-refractivity contribution >= 4 is 22.7 Å². The fraction of sp³-hybridized carbons (Fsp3) is 0.417. The number of nitrogens with one attached hydrogen (secondary N) is 1. The number of nitrogens with zero attached hydrogens (tertiary/aromatic N) is 1. The van der Waals surface area contributed by atoms with Crippen LogP contribution in [0, 0.1) is 6.92 Å². The van der Waals surface area contributed by atoms with Crippen molar-refractivity contribution in [3.05, 3.63) is 29.7 Å². The summed E-state index contributed by atoms with van der Waals surface area (Å²) in [6, 6.07) is 6.35. The van der Waals surface area contributed by atoms with Gasteiger partial charge in [0.15, 0.2) is 11.5 Å². The molecule has 2 aromatic rings. The number of fused-ring (bicyclic) bond motifs is 1. The topological polar surface area (TPSA) is 38.1 Å². The van der Waals surface area contributed by atoms with Crippen LogP contribution < -0.4 is 5.32 Å².